The van der Waals surface area contributed by atoms with Crippen LogP contribution in [-0.4, -0.2) is 59.2 Å². The maximum Gasteiger partial charge on any atom is 0.387 e. The second-order valence-electron chi connectivity index (χ2n) is 9.15. The van der Waals surface area contributed by atoms with E-state index in [1.807, 2.05) is 32.2 Å². The Morgan fingerprint density at radius 3 is 2.59 bits per heavy atom. The fourth-order valence-corrected chi connectivity index (χ4v) is 4.01. The molecule has 1 saturated carbocycles. The van der Waals surface area contributed by atoms with E-state index in [4.69, 9.17) is 9.47 Å². The number of halogens is 3. The molecule has 2 unspecified atom stereocenters. The minimum atomic E-state index is -3.07. The molecule has 1 aromatic carbocycles. The summed E-state index contributed by atoms with van der Waals surface area (Å²) < 4.78 is 52.4. The maximum absolute atomic E-state index is 13.6. The Morgan fingerprint density at radius 2 is 2.00 bits per heavy atom. The average molecular weight is 476 g/mol. The first-order valence-electron chi connectivity index (χ1n) is 10.9. The number of fused-ring (bicyclic) bond motifs is 1. The molecule has 6 nitrogen and oxygen atoms in total. The van der Waals surface area contributed by atoms with E-state index in [-0.39, 0.29) is 29.7 Å². The topological polar surface area (TPSA) is 59.2 Å². The van der Waals surface area contributed by atoms with Crippen molar-refractivity contribution in [3.05, 3.63) is 54.4 Å². The van der Waals surface area contributed by atoms with Gasteiger partial charge in [-0.2, -0.15) is 13.9 Å². The molecule has 3 aromatic rings. The highest BCUT2D eigenvalue weighted by atomic mass is 19.3. The number of ether oxygens (including phenoxy) is 2. The van der Waals surface area contributed by atoms with Gasteiger partial charge in [0, 0.05) is 36.3 Å². The van der Waals surface area contributed by atoms with Crippen molar-refractivity contribution in [3.8, 4) is 22.6 Å². The van der Waals surface area contributed by atoms with Crippen LogP contribution in [-0.2, 0) is 5.41 Å². The summed E-state index contributed by atoms with van der Waals surface area (Å²) in [5.41, 5.74) is 3.02. The molecule has 0 radical (unpaired) electrons. The van der Waals surface area contributed by atoms with Crippen LogP contribution in [0.5, 0.6) is 11.5 Å². The van der Waals surface area contributed by atoms with Crippen molar-refractivity contribution < 1.29 is 27.8 Å². The monoisotopic (exact) mass is 475 g/mol. The van der Waals surface area contributed by atoms with Crippen molar-refractivity contribution in [2.75, 3.05) is 20.8 Å². The van der Waals surface area contributed by atoms with Crippen LogP contribution >= 0.6 is 0 Å². The lowest BCUT2D eigenvalue weighted by Crippen LogP contribution is -2.22. The number of hydrogen-bond acceptors (Lipinski definition) is 5. The van der Waals surface area contributed by atoms with E-state index < -0.39 is 18.2 Å². The first-order valence-corrected chi connectivity index (χ1v) is 10.9. The number of rotatable bonds is 9. The molecule has 2 atom stereocenters. The fraction of sp³-hybridized carbons (Fsp3) is 0.400. The summed E-state index contributed by atoms with van der Waals surface area (Å²) in [7, 11) is 3.10. The van der Waals surface area contributed by atoms with Gasteiger partial charge < -0.3 is 19.5 Å². The quantitative estimate of drug-likeness (QED) is 0.477. The Morgan fingerprint density at radius 1 is 1.32 bits per heavy atom. The number of pyridine rings is 1. The molecule has 0 bridgehead atoms. The Kier molecular flexibility index (Phi) is 6.24. The predicted molar refractivity (Wildman–Crippen MR) is 124 cm³/mol. The number of hydrogen-bond donors (Lipinski definition) is 1. The van der Waals surface area contributed by atoms with Crippen LogP contribution in [0.25, 0.3) is 22.3 Å². The van der Waals surface area contributed by atoms with E-state index in [1.165, 1.54) is 13.2 Å². The molecule has 4 rings (SSSR count). The highest BCUT2D eigenvalue weighted by molar-refractivity contribution is 5.85. The zero-order valence-electron chi connectivity index (χ0n) is 19.6. The van der Waals surface area contributed by atoms with Gasteiger partial charge in [0.25, 0.3) is 0 Å². The molecule has 0 aliphatic heterocycles. The van der Waals surface area contributed by atoms with Crippen molar-refractivity contribution in [2.45, 2.75) is 44.5 Å². The summed E-state index contributed by atoms with van der Waals surface area (Å²) >= 11 is 0. The van der Waals surface area contributed by atoms with Crippen LogP contribution in [0.2, 0.25) is 0 Å². The van der Waals surface area contributed by atoms with Crippen molar-refractivity contribution in [2.24, 2.45) is 0 Å². The van der Waals surface area contributed by atoms with Gasteiger partial charge in [0.2, 0.25) is 0 Å². The third kappa shape index (κ3) is 4.32. The second-order valence-corrected chi connectivity index (χ2v) is 9.15. The fourth-order valence-electron chi connectivity index (χ4n) is 4.01. The summed E-state index contributed by atoms with van der Waals surface area (Å²) in [6.45, 7) is 4.75. The van der Waals surface area contributed by atoms with E-state index in [9.17, 15) is 18.3 Å². The van der Waals surface area contributed by atoms with Gasteiger partial charge in [-0.05, 0) is 29.3 Å². The van der Waals surface area contributed by atoms with E-state index in [0.717, 1.165) is 11.1 Å². The standard InChI is InChI=1S/C25H28F3N3O3/c1-14(30(4)20-10-18(20)26)23-21(33-5)8-15(9-22(23)34-24(27)28)17-11-29-31-12-16(6-7-19(17)31)25(2,3)13-32/h6-9,11-12,18,20,24,32H,1,10,13H2,2-5H3. The molecule has 2 heterocycles. The van der Waals surface area contributed by atoms with Gasteiger partial charge in [-0.15, -0.1) is 0 Å². The van der Waals surface area contributed by atoms with E-state index in [0.29, 0.717) is 23.2 Å². The largest absolute Gasteiger partial charge is 0.496 e. The molecule has 0 spiro atoms. The normalized spacial score (nSPS) is 17.8. The average Bonchev–Trinajstić information content (AvgIpc) is 3.38. The molecule has 0 saturated heterocycles. The summed E-state index contributed by atoms with van der Waals surface area (Å²) in [6, 6.07) is 6.61. The van der Waals surface area contributed by atoms with Crippen LogP contribution in [0.1, 0.15) is 31.4 Å². The first-order chi connectivity index (χ1) is 16.1. The third-order valence-electron chi connectivity index (χ3n) is 6.40. The molecule has 1 fully saturated rings. The lowest BCUT2D eigenvalue weighted by atomic mass is 9.87. The Hall–Kier alpha value is -3.20. The minimum Gasteiger partial charge on any atom is -0.496 e. The maximum atomic E-state index is 13.6. The smallest absolute Gasteiger partial charge is 0.387 e. The van der Waals surface area contributed by atoms with Crippen LogP contribution in [0, 0.1) is 0 Å². The Balaban J connectivity index is 1.81. The van der Waals surface area contributed by atoms with Crippen molar-refractivity contribution in [3.63, 3.8) is 0 Å². The number of nitrogens with zero attached hydrogens (tertiary/aromatic N) is 3. The van der Waals surface area contributed by atoms with Crippen molar-refractivity contribution >= 4 is 11.2 Å². The van der Waals surface area contributed by atoms with Crippen molar-refractivity contribution in [1.29, 1.82) is 0 Å². The highest BCUT2D eigenvalue weighted by Gasteiger charge is 2.42. The van der Waals surface area contributed by atoms with E-state index in [2.05, 4.69) is 11.7 Å². The first kappa shape index (κ1) is 23.9. The van der Waals surface area contributed by atoms with Gasteiger partial charge >= 0.3 is 6.61 Å². The molecule has 1 aliphatic rings. The number of alkyl halides is 3. The Bertz CT molecular complexity index is 1220. The predicted octanol–water partition coefficient (Wildman–Crippen LogP) is 4.89. The number of benzene rings is 1. The van der Waals surface area contributed by atoms with E-state index in [1.54, 1.807) is 28.7 Å². The lowest BCUT2D eigenvalue weighted by molar-refractivity contribution is -0.0501. The molecule has 182 valence electrons. The number of aliphatic hydroxyl groups is 1. The zero-order valence-corrected chi connectivity index (χ0v) is 19.6. The van der Waals surface area contributed by atoms with Gasteiger partial charge in [0.1, 0.15) is 17.7 Å². The molecule has 2 aromatic heterocycles. The summed E-state index contributed by atoms with van der Waals surface area (Å²) in [6.07, 6.45) is 2.84. The van der Waals surface area contributed by atoms with Gasteiger partial charge in [0.15, 0.2) is 0 Å². The van der Waals surface area contributed by atoms with Crippen molar-refractivity contribution in [1.82, 2.24) is 14.5 Å². The van der Waals surface area contributed by atoms with Gasteiger partial charge in [0.05, 0.1) is 37.0 Å². The number of aromatic nitrogens is 2. The number of methoxy groups -OCH3 is 1. The second kappa shape index (κ2) is 8.87. The zero-order chi connectivity index (χ0) is 24.8. The molecular weight excluding hydrogens is 447 g/mol. The SMILES string of the molecule is C=C(c1c(OC)cc(-c2cnn3cc(C(C)(C)CO)ccc23)cc1OC(F)F)N(C)C1CC1F. The summed E-state index contributed by atoms with van der Waals surface area (Å²) in [5, 5.41) is 14.1. The van der Waals surface area contributed by atoms with Gasteiger partial charge in [-0.1, -0.05) is 26.5 Å². The molecule has 9 heteroatoms. The third-order valence-corrected chi connectivity index (χ3v) is 6.40. The van der Waals surface area contributed by atoms with Crippen LogP contribution in [0.3, 0.4) is 0 Å². The molecule has 0 amide bonds. The lowest BCUT2D eigenvalue weighted by Gasteiger charge is -2.25. The van der Waals surface area contributed by atoms with E-state index >= 15 is 0 Å². The Labute approximate surface area is 196 Å². The minimum absolute atomic E-state index is 0.0258. The van der Waals surface area contributed by atoms with Gasteiger partial charge in [-0.25, -0.2) is 8.91 Å². The molecule has 1 N–H and O–H groups in total. The van der Waals surface area contributed by atoms with Crippen LogP contribution < -0.4 is 9.47 Å². The molecule has 34 heavy (non-hydrogen) atoms. The molecular formula is C25H28F3N3O3. The van der Waals surface area contributed by atoms with Crippen LogP contribution in [0.15, 0.2) is 43.2 Å². The molecule has 1 aliphatic carbocycles. The summed E-state index contributed by atoms with van der Waals surface area (Å²) in [4.78, 5) is 1.63. The van der Waals surface area contributed by atoms with Crippen LogP contribution in [0.4, 0.5) is 13.2 Å². The summed E-state index contributed by atoms with van der Waals surface area (Å²) in [5.74, 6) is 0.160. The highest BCUT2D eigenvalue weighted by Crippen LogP contribution is 2.44. The number of aliphatic hydroxyl groups excluding tert-OH is 1. The van der Waals surface area contributed by atoms with Gasteiger partial charge in [-0.3, -0.25) is 0 Å².